The number of anilines is 1. The van der Waals surface area contributed by atoms with E-state index >= 15 is 0 Å². The number of carboxylic acid groups (broad SMARTS) is 1. The number of hydrogen-bond donors (Lipinski definition) is 2. The number of para-hydroxylation sites is 1. The summed E-state index contributed by atoms with van der Waals surface area (Å²) in [6, 6.07) is 9.09. The van der Waals surface area contributed by atoms with Crippen LogP contribution in [0.15, 0.2) is 30.3 Å². The standard InChI is InChI=1S/C16H18N2O3/c19-16(20)15-9-14(12-3-1-2-4-13(12)18-15)17-7-8-21-10-11-5-6-11/h1-4,9,11H,5-8,10H2,(H,17,18)(H,19,20). The number of nitrogens with zero attached hydrogens (tertiary/aromatic N) is 1. The molecule has 21 heavy (non-hydrogen) atoms. The van der Waals surface area contributed by atoms with Crippen molar-refractivity contribution in [1.82, 2.24) is 4.98 Å². The molecule has 5 nitrogen and oxygen atoms in total. The zero-order chi connectivity index (χ0) is 14.7. The average molecular weight is 286 g/mol. The summed E-state index contributed by atoms with van der Waals surface area (Å²) < 4.78 is 5.57. The number of aromatic nitrogens is 1. The maximum absolute atomic E-state index is 11.1. The number of pyridine rings is 1. The summed E-state index contributed by atoms with van der Waals surface area (Å²) in [6.07, 6.45) is 2.56. The Morgan fingerprint density at radius 3 is 2.95 bits per heavy atom. The van der Waals surface area contributed by atoms with Crippen LogP contribution in [-0.2, 0) is 4.74 Å². The first kappa shape index (κ1) is 13.8. The van der Waals surface area contributed by atoms with Gasteiger partial charge in [0.2, 0.25) is 0 Å². The zero-order valence-corrected chi connectivity index (χ0v) is 11.7. The number of fused-ring (bicyclic) bond motifs is 1. The third kappa shape index (κ3) is 3.49. The van der Waals surface area contributed by atoms with Gasteiger partial charge in [0, 0.05) is 24.2 Å². The highest BCUT2D eigenvalue weighted by atomic mass is 16.5. The van der Waals surface area contributed by atoms with Gasteiger partial charge in [-0.15, -0.1) is 0 Å². The predicted octanol–water partition coefficient (Wildman–Crippen LogP) is 2.77. The Kier molecular flexibility index (Phi) is 4.01. The Morgan fingerprint density at radius 2 is 2.19 bits per heavy atom. The number of benzene rings is 1. The summed E-state index contributed by atoms with van der Waals surface area (Å²) in [6.45, 7) is 2.11. The lowest BCUT2D eigenvalue weighted by molar-refractivity contribution is 0.0691. The van der Waals surface area contributed by atoms with Gasteiger partial charge in [0.15, 0.2) is 5.69 Å². The molecular weight excluding hydrogens is 268 g/mol. The van der Waals surface area contributed by atoms with Gasteiger partial charge in [0.05, 0.1) is 12.1 Å². The van der Waals surface area contributed by atoms with Crippen LogP contribution < -0.4 is 5.32 Å². The summed E-state index contributed by atoms with van der Waals surface area (Å²) in [7, 11) is 0. The molecule has 0 unspecified atom stereocenters. The van der Waals surface area contributed by atoms with Gasteiger partial charge in [0.25, 0.3) is 0 Å². The molecule has 1 aliphatic rings. The number of aromatic carboxylic acids is 1. The highest BCUT2D eigenvalue weighted by Gasteiger charge is 2.20. The second kappa shape index (κ2) is 6.10. The molecule has 1 aromatic carbocycles. The van der Waals surface area contributed by atoms with Crippen molar-refractivity contribution in [3.63, 3.8) is 0 Å². The third-order valence-electron chi connectivity index (χ3n) is 3.55. The lowest BCUT2D eigenvalue weighted by atomic mass is 10.1. The van der Waals surface area contributed by atoms with Crippen LogP contribution in [0.2, 0.25) is 0 Å². The molecule has 1 aliphatic carbocycles. The van der Waals surface area contributed by atoms with Gasteiger partial charge in [-0.25, -0.2) is 9.78 Å². The Bertz CT molecular complexity index is 653. The van der Waals surface area contributed by atoms with E-state index in [0.717, 1.165) is 23.6 Å². The van der Waals surface area contributed by atoms with Gasteiger partial charge in [-0.1, -0.05) is 18.2 Å². The minimum absolute atomic E-state index is 0.0510. The molecule has 1 saturated carbocycles. The maximum Gasteiger partial charge on any atom is 0.354 e. The van der Waals surface area contributed by atoms with Gasteiger partial charge in [-0.2, -0.15) is 0 Å². The minimum atomic E-state index is -1.02. The molecule has 5 heteroatoms. The minimum Gasteiger partial charge on any atom is -0.477 e. The molecule has 3 rings (SSSR count). The monoisotopic (exact) mass is 286 g/mol. The van der Waals surface area contributed by atoms with Gasteiger partial charge >= 0.3 is 5.97 Å². The smallest absolute Gasteiger partial charge is 0.354 e. The van der Waals surface area contributed by atoms with Crippen molar-refractivity contribution < 1.29 is 14.6 Å². The van der Waals surface area contributed by atoms with Crippen molar-refractivity contribution >= 4 is 22.6 Å². The van der Waals surface area contributed by atoms with Gasteiger partial charge in [-0.05, 0) is 30.9 Å². The van der Waals surface area contributed by atoms with Crippen LogP contribution in [0.1, 0.15) is 23.3 Å². The van der Waals surface area contributed by atoms with E-state index in [1.165, 1.54) is 12.8 Å². The van der Waals surface area contributed by atoms with Crippen LogP contribution in [0.25, 0.3) is 10.9 Å². The van der Waals surface area contributed by atoms with Crippen molar-refractivity contribution in [2.75, 3.05) is 25.1 Å². The van der Waals surface area contributed by atoms with E-state index in [9.17, 15) is 4.79 Å². The topological polar surface area (TPSA) is 71.5 Å². The summed E-state index contributed by atoms with van der Waals surface area (Å²) in [5.74, 6) is -0.265. The van der Waals surface area contributed by atoms with E-state index in [0.29, 0.717) is 18.7 Å². The number of rotatable bonds is 7. The molecule has 0 aliphatic heterocycles. The summed E-state index contributed by atoms with van der Waals surface area (Å²) in [5.41, 5.74) is 1.52. The predicted molar refractivity (Wildman–Crippen MR) is 80.7 cm³/mol. The van der Waals surface area contributed by atoms with Gasteiger partial charge < -0.3 is 15.2 Å². The first-order valence-corrected chi connectivity index (χ1v) is 7.19. The molecule has 0 saturated heterocycles. The van der Waals surface area contributed by atoms with E-state index in [-0.39, 0.29) is 5.69 Å². The molecule has 1 aromatic heterocycles. The Labute approximate surface area is 123 Å². The van der Waals surface area contributed by atoms with E-state index in [4.69, 9.17) is 9.84 Å². The molecule has 2 N–H and O–H groups in total. The van der Waals surface area contributed by atoms with E-state index in [1.54, 1.807) is 6.07 Å². The number of nitrogens with one attached hydrogen (secondary N) is 1. The van der Waals surface area contributed by atoms with Gasteiger partial charge in [-0.3, -0.25) is 0 Å². The summed E-state index contributed by atoms with van der Waals surface area (Å²) in [4.78, 5) is 15.3. The van der Waals surface area contributed by atoms with Crippen molar-refractivity contribution in [3.05, 3.63) is 36.0 Å². The first-order valence-electron chi connectivity index (χ1n) is 7.19. The fourth-order valence-electron chi connectivity index (χ4n) is 2.22. The number of carboxylic acids is 1. The van der Waals surface area contributed by atoms with Crippen LogP contribution in [0.4, 0.5) is 5.69 Å². The summed E-state index contributed by atoms with van der Waals surface area (Å²) in [5, 5.41) is 13.3. The molecule has 110 valence electrons. The van der Waals surface area contributed by atoms with Crippen LogP contribution in [0.3, 0.4) is 0 Å². The SMILES string of the molecule is O=C(O)c1cc(NCCOCC2CC2)c2ccccc2n1. The second-order valence-electron chi connectivity index (χ2n) is 5.32. The maximum atomic E-state index is 11.1. The largest absolute Gasteiger partial charge is 0.477 e. The normalized spacial score (nSPS) is 14.3. The Hall–Kier alpha value is -2.14. The Morgan fingerprint density at radius 1 is 1.38 bits per heavy atom. The zero-order valence-electron chi connectivity index (χ0n) is 11.7. The van der Waals surface area contributed by atoms with Crippen LogP contribution in [0.5, 0.6) is 0 Å². The van der Waals surface area contributed by atoms with E-state index in [2.05, 4.69) is 10.3 Å². The first-order chi connectivity index (χ1) is 10.2. The molecule has 1 heterocycles. The van der Waals surface area contributed by atoms with E-state index in [1.807, 2.05) is 24.3 Å². The van der Waals surface area contributed by atoms with E-state index < -0.39 is 5.97 Å². The highest BCUT2D eigenvalue weighted by molar-refractivity contribution is 5.97. The summed E-state index contributed by atoms with van der Waals surface area (Å²) >= 11 is 0. The van der Waals surface area contributed by atoms with Crippen LogP contribution >= 0.6 is 0 Å². The van der Waals surface area contributed by atoms with Crippen LogP contribution in [-0.4, -0.2) is 35.8 Å². The molecule has 1 fully saturated rings. The Balaban J connectivity index is 1.70. The van der Waals surface area contributed by atoms with Crippen LogP contribution in [0, 0.1) is 5.92 Å². The molecular formula is C16H18N2O3. The van der Waals surface area contributed by atoms with Crippen molar-refractivity contribution in [1.29, 1.82) is 0 Å². The number of ether oxygens (including phenoxy) is 1. The molecule has 0 spiro atoms. The third-order valence-corrected chi connectivity index (χ3v) is 3.55. The van der Waals surface area contributed by atoms with Crippen molar-refractivity contribution in [3.8, 4) is 0 Å². The fourth-order valence-corrected chi connectivity index (χ4v) is 2.22. The highest BCUT2D eigenvalue weighted by Crippen LogP contribution is 2.28. The van der Waals surface area contributed by atoms with Crippen molar-refractivity contribution in [2.45, 2.75) is 12.8 Å². The number of hydrogen-bond acceptors (Lipinski definition) is 4. The lowest BCUT2D eigenvalue weighted by Gasteiger charge is -2.11. The second-order valence-corrected chi connectivity index (χ2v) is 5.32. The molecule has 0 bridgehead atoms. The lowest BCUT2D eigenvalue weighted by Crippen LogP contribution is -2.12. The molecule has 0 atom stereocenters. The van der Waals surface area contributed by atoms with Crippen molar-refractivity contribution in [2.24, 2.45) is 5.92 Å². The average Bonchev–Trinajstić information content (AvgIpc) is 3.30. The number of carbonyl (C=O) groups is 1. The molecule has 0 radical (unpaired) electrons. The van der Waals surface area contributed by atoms with Gasteiger partial charge in [0.1, 0.15) is 0 Å². The molecule has 0 amide bonds. The quantitative estimate of drug-likeness (QED) is 0.766. The molecule has 2 aromatic rings. The fraction of sp³-hybridized carbons (Fsp3) is 0.375.